The average molecular weight is 351 g/mol. The van der Waals surface area contributed by atoms with Crippen LogP contribution in [0.15, 0.2) is 12.3 Å². The van der Waals surface area contributed by atoms with Crippen molar-refractivity contribution in [1.29, 1.82) is 0 Å². The summed E-state index contributed by atoms with van der Waals surface area (Å²) >= 11 is 1.26. The number of anilines is 1. The van der Waals surface area contributed by atoms with E-state index in [9.17, 15) is 14.4 Å². The van der Waals surface area contributed by atoms with Crippen molar-refractivity contribution < 1.29 is 24.2 Å². The Hall–Kier alpha value is -2.68. The monoisotopic (exact) mass is 351 g/mol. The molecule has 2 heterocycles. The van der Waals surface area contributed by atoms with Gasteiger partial charge in [-0.05, 0) is 32.4 Å². The molecule has 8 nitrogen and oxygen atoms in total. The van der Waals surface area contributed by atoms with Crippen LogP contribution < -0.4 is 5.32 Å². The lowest BCUT2D eigenvalue weighted by molar-refractivity contribution is -0.140. The molecule has 0 aromatic carbocycles. The number of hydrogen-bond acceptors (Lipinski definition) is 6. The summed E-state index contributed by atoms with van der Waals surface area (Å²) in [5.74, 6) is -2.11. The molecule has 0 fully saturated rings. The van der Waals surface area contributed by atoms with Crippen molar-refractivity contribution in [2.24, 2.45) is 0 Å². The number of amides is 1. The van der Waals surface area contributed by atoms with Crippen molar-refractivity contribution in [3.63, 3.8) is 0 Å². The third kappa shape index (κ3) is 3.30. The third-order valence-electron chi connectivity index (χ3n) is 3.60. The van der Waals surface area contributed by atoms with Gasteiger partial charge in [-0.3, -0.25) is 9.48 Å². The van der Waals surface area contributed by atoms with Gasteiger partial charge in [0.25, 0.3) is 5.91 Å². The molecule has 0 saturated heterocycles. The number of nitrogens with zero attached hydrogens (tertiary/aromatic N) is 2. The molecule has 1 amide bonds. The van der Waals surface area contributed by atoms with Crippen molar-refractivity contribution >= 4 is 34.2 Å². The number of ether oxygens (including phenoxy) is 1. The predicted molar refractivity (Wildman–Crippen MR) is 87.7 cm³/mol. The van der Waals surface area contributed by atoms with Crippen molar-refractivity contribution in [2.45, 2.75) is 26.8 Å². The number of thiophene rings is 1. The molecule has 0 saturated carbocycles. The lowest BCUT2D eigenvalue weighted by Crippen LogP contribution is -2.18. The summed E-state index contributed by atoms with van der Waals surface area (Å²) in [6.07, 6.45) is 1.42. The number of methoxy groups -OCH3 is 1. The maximum absolute atomic E-state index is 12.3. The molecule has 24 heavy (non-hydrogen) atoms. The quantitative estimate of drug-likeness (QED) is 0.799. The van der Waals surface area contributed by atoms with Crippen molar-refractivity contribution in [2.75, 3.05) is 12.4 Å². The van der Waals surface area contributed by atoms with E-state index in [2.05, 4.69) is 10.4 Å². The van der Waals surface area contributed by atoms with Gasteiger partial charge in [-0.15, -0.1) is 11.3 Å². The normalized spacial score (nSPS) is 11.8. The van der Waals surface area contributed by atoms with E-state index in [-0.39, 0.29) is 5.69 Å². The molecule has 2 aromatic rings. The summed E-state index contributed by atoms with van der Waals surface area (Å²) in [6, 6.07) is 0.531. The maximum Gasteiger partial charge on any atom is 0.341 e. The molecule has 0 bridgehead atoms. The van der Waals surface area contributed by atoms with Crippen LogP contribution in [0.25, 0.3) is 0 Å². The van der Waals surface area contributed by atoms with Gasteiger partial charge in [-0.2, -0.15) is 5.10 Å². The minimum Gasteiger partial charge on any atom is -0.480 e. The lowest BCUT2D eigenvalue weighted by Gasteiger charge is -2.06. The van der Waals surface area contributed by atoms with E-state index in [4.69, 9.17) is 9.84 Å². The standard InChI is InChI=1S/C15H17N3O5S/c1-7-9(3)24-13(11(7)15(22)23-4)16-12(19)10-5-6-18(17-10)8(2)14(20)21/h5-6,8H,1-4H3,(H,16,19)(H,20,21). The number of hydrogen-bond donors (Lipinski definition) is 2. The molecular weight excluding hydrogens is 334 g/mol. The second kappa shape index (κ2) is 6.83. The van der Waals surface area contributed by atoms with Gasteiger partial charge in [0, 0.05) is 11.1 Å². The van der Waals surface area contributed by atoms with E-state index in [1.807, 2.05) is 6.92 Å². The highest BCUT2D eigenvalue weighted by Gasteiger charge is 2.23. The molecule has 0 aliphatic rings. The van der Waals surface area contributed by atoms with Crippen LogP contribution in [0.4, 0.5) is 5.00 Å². The highest BCUT2D eigenvalue weighted by molar-refractivity contribution is 7.16. The fourth-order valence-electron chi connectivity index (χ4n) is 2.02. The topological polar surface area (TPSA) is 111 Å². The first-order chi connectivity index (χ1) is 11.3. The van der Waals surface area contributed by atoms with Crippen molar-refractivity contribution in [1.82, 2.24) is 9.78 Å². The number of esters is 1. The van der Waals surface area contributed by atoms with Crippen LogP contribution in [0.2, 0.25) is 0 Å². The second-order valence-electron chi connectivity index (χ2n) is 5.13. The summed E-state index contributed by atoms with van der Waals surface area (Å²) in [5, 5.41) is 15.9. The number of nitrogens with one attached hydrogen (secondary N) is 1. The fraction of sp³-hybridized carbons (Fsp3) is 0.333. The molecule has 9 heteroatoms. The molecule has 1 atom stereocenters. The van der Waals surface area contributed by atoms with E-state index >= 15 is 0 Å². The number of carbonyl (C=O) groups is 3. The number of carbonyl (C=O) groups excluding carboxylic acids is 2. The zero-order valence-corrected chi connectivity index (χ0v) is 14.4. The Morgan fingerprint density at radius 2 is 2.04 bits per heavy atom. The minimum atomic E-state index is -1.05. The van der Waals surface area contributed by atoms with Crippen LogP contribution >= 0.6 is 11.3 Å². The Kier molecular flexibility index (Phi) is 5.03. The first kappa shape index (κ1) is 17.7. The van der Waals surface area contributed by atoms with E-state index in [0.717, 1.165) is 10.4 Å². The van der Waals surface area contributed by atoms with Crippen LogP contribution in [0.3, 0.4) is 0 Å². The molecule has 1 unspecified atom stereocenters. The maximum atomic E-state index is 12.3. The van der Waals surface area contributed by atoms with Gasteiger partial charge in [0.15, 0.2) is 5.69 Å². The van der Waals surface area contributed by atoms with E-state index < -0.39 is 23.9 Å². The number of rotatable bonds is 5. The van der Waals surface area contributed by atoms with E-state index in [1.165, 1.54) is 42.3 Å². The Bertz CT molecular complexity index is 808. The van der Waals surface area contributed by atoms with Crippen LogP contribution in [-0.4, -0.2) is 39.8 Å². The zero-order chi connectivity index (χ0) is 18.0. The first-order valence-electron chi connectivity index (χ1n) is 7.03. The van der Waals surface area contributed by atoms with E-state index in [0.29, 0.717) is 10.6 Å². The molecule has 0 spiro atoms. The van der Waals surface area contributed by atoms with Gasteiger partial charge in [-0.1, -0.05) is 0 Å². The summed E-state index contributed by atoms with van der Waals surface area (Å²) in [4.78, 5) is 36.1. The van der Waals surface area contributed by atoms with Crippen molar-refractivity contribution in [3.05, 3.63) is 34.0 Å². The second-order valence-corrected chi connectivity index (χ2v) is 6.35. The van der Waals surface area contributed by atoms with Gasteiger partial charge in [0.2, 0.25) is 0 Å². The number of aryl methyl sites for hydroxylation is 1. The zero-order valence-electron chi connectivity index (χ0n) is 13.6. The van der Waals surface area contributed by atoms with Crippen LogP contribution in [0.5, 0.6) is 0 Å². The Morgan fingerprint density at radius 1 is 1.38 bits per heavy atom. The molecule has 0 aliphatic carbocycles. The summed E-state index contributed by atoms with van der Waals surface area (Å²) < 4.78 is 5.94. The Morgan fingerprint density at radius 3 is 2.62 bits per heavy atom. The minimum absolute atomic E-state index is 0.0580. The van der Waals surface area contributed by atoms with Gasteiger partial charge < -0.3 is 15.2 Å². The summed E-state index contributed by atoms with van der Waals surface area (Å²) in [7, 11) is 1.27. The van der Waals surface area contributed by atoms with Gasteiger partial charge in [-0.25, -0.2) is 9.59 Å². The van der Waals surface area contributed by atoms with Gasteiger partial charge in [0.1, 0.15) is 11.0 Å². The molecule has 2 N–H and O–H groups in total. The van der Waals surface area contributed by atoms with E-state index in [1.54, 1.807) is 6.92 Å². The number of aliphatic carboxylic acids is 1. The van der Waals surface area contributed by atoms with Gasteiger partial charge >= 0.3 is 11.9 Å². The molecule has 0 aliphatic heterocycles. The number of carboxylic acid groups (broad SMARTS) is 1. The average Bonchev–Trinajstić information content (AvgIpc) is 3.12. The van der Waals surface area contributed by atoms with Crippen LogP contribution in [0.1, 0.15) is 44.3 Å². The number of aromatic nitrogens is 2. The highest BCUT2D eigenvalue weighted by Crippen LogP contribution is 2.33. The molecular formula is C15H17N3O5S. The summed E-state index contributed by atoms with van der Waals surface area (Å²) in [6.45, 7) is 5.07. The summed E-state index contributed by atoms with van der Waals surface area (Å²) in [5.41, 5.74) is 1.11. The molecule has 2 aromatic heterocycles. The number of carboxylic acids is 1. The SMILES string of the molecule is COC(=O)c1c(NC(=O)c2ccn(C(C)C(=O)O)n2)sc(C)c1C. The Balaban J connectivity index is 2.26. The first-order valence-corrected chi connectivity index (χ1v) is 7.85. The molecule has 128 valence electrons. The Labute approximate surface area is 142 Å². The van der Waals surface area contributed by atoms with Crippen LogP contribution in [-0.2, 0) is 9.53 Å². The largest absolute Gasteiger partial charge is 0.480 e. The molecule has 0 radical (unpaired) electrons. The third-order valence-corrected chi connectivity index (χ3v) is 4.72. The fourth-order valence-corrected chi connectivity index (χ4v) is 3.06. The highest BCUT2D eigenvalue weighted by atomic mass is 32.1. The van der Waals surface area contributed by atoms with Crippen molar-refractivity contribution in [3.8, 4) is 0 Å². The lowest BCUT2D eigenvalue weighted by atomic mass is 10.1. The molecule has 2 rings (SSSR count). The van der Waals surface area contributed by atoms with Crippen LogP contribution in [0, 0.1) is 13.8 Å². The van der Waals surface area contributed by atoms with Gasteiger partial charge in [0.05, 0.1) is 12.7 Å². The smallest absolute Gasteiger partial charge is 0.341 e. The predicted octanol–water partition coefficient (Wildman–Crippen LogP) is 2.25.